The molecular formula is C57H68IrN6O3-4. The second-order valence-electron chi connectivity index (χ2n) is 16.0. The number of aryl methyl sites for hydroxylation is 3. The van der Waals surface area contributed by atoms with Gasteiger partial charge in [-0.3, -0.25) is 14.4 Å². The Bertz CT molecular complexity index is 2030. The normalized spacial score (nSPS) is 10.3. The summed E-state index contributed by atoms with van der Waals surface area (Å²) in [5.74, 6) is -0.251. The van der Waals surface area contributed by atoms with E-state index in [4.69, 9.17) is 0 Å². The van der Waals surface area contributed by atoms with Crippen LogP contribution in [0.1, 0.15) is 147 Å². The minimum Gasteiger partial charge on any atom is -0.510 e. The van der Waals surface area contributed by atoms with Crippen molar-refractivity contribution in [1.29, 1.82) is 0 Å². The van der Waals surface area contributed by atoms with Crippen LogP contribution in [0.25, 0.3) is 33.8 Å². The number of nitrogens with zero attached hydrogens (tertiary/aromatic N) is 3. The van der Waals surface area contributed by atoms with Gasteiger partial charge in [0.25, 0.3) is 0 Å². The van der Waals surface area contributed by atoms with Crippen LogP contribution in [0.5, 0.6) is 0 Å². The Hall–Kier alpha value is -5.83. The maximum absolute atomic E-state index is 11.7. The predicted molar refractivity (Wildman–Crippen MR) is 269 cm³/mol. The SMILES string of the molecule is CCCCCc1ccc(-c2[c-]cc(C(=O)NCC)cc2)nc1.CCCCCc1ccc(-c2[c-]cc(C(=O)NCC)cc2)nc1.C[CH-]NC(=O)c1c[c-]c(-c2ccc(CCCCC)cn2)cc1.[Ir]. The third-order valence-electron chi connectivity index (χ3n) is 10.7. The van der Waals surface area contributed by atoms with Gasteiger partial charge in [0.05, 0.1) is 0 Å². The van der Waals surface area contributed by atoms with Gasteiger partial charge in [-0.25, -0.2) is 6.54 Å². The summed E-state index contributed by atoms with van der Waals surface area (Å²) in [6, 6.07) is 38.1. The Balaban J connectivity index is 0.000000264. The predicted octanol–water partition coefficient (Wildman–Crippen LogP) is 12.3. The fourth-order valence-corrected chi connectivity index (χ4v) is 6.85. The molecule has 3 N–H and O–H groups in total. The Morgan fingerprint density at radius 3 is 1.03 bits per heavy atom. The number of hydrogen-bond donors (Lipinski definition) is 3. The van der Waals surface area contributed by atoms with Crippen LogP contribution >= 0.6 is 0 Å². The van der Waals surface area contributed by atoms with Crippen LogP contribution in [0, 0.1) is 24.7 Å². The van der Waals surface area contributed by atoms with Crippen LogP contribution in [0.3, 0.4) is 0 Å². The number of unbranched alkanes of at least 4 members (excludes halogenated alkanes) is 6. The Kier molecular flexibility index (Phi) is 26.5. The van der Waals surface area contributed by atoms with Gasteiger partial charge in [0.2, 0.25) is 11.8 Å². The molecule has 0 aliphatic heterocycles. The summed E-state index contributed by atoms with van der Waals surface area (Å²) in [6.07, 6.45) is 20.2. The number of nitrogens with one attached hydrogen (secondary N) is 3. The minimum atomic E-state index is -0.121. The van der Waals surface area contributed by atoms with Crippen molar-refractivity contribution in [2.45, 2.75) is 119 Å². The van der Waals surface area contributed by atoms with Crippen LogP contribution in [0.4, 0.5) is 0 Å². The number of pyridine rings is 3. The van der Waals surface area contributed by atoms with Crippen molar-refractivity contribution in [3.05, 3.63) is 168 Å². The molecule has 6 aromatic rings. The van der Waals surface area contributed by atoms with Gasteiger partial charge in [-0.15, -0.1) is 89.5 Å². The molecule has 0 fully saturated rings. The zero-order chi connectivity index (χ0) is 47.4. The van der Waals surface area contributed by atoms with Crippen molar-refractivity contribution < 1.29 is 34.5 Å². The summed E-state index contributed by atoms with van der Waals surface area (Å²) in [5.41, 5.74) is 11.1. The fourth-order valence-electron chi connectivity index (χ4n) is 6.85. The van der Waals surface area contributed by atoms with E-state index in [1.54, 1.807) is 37.7 Å². The molecule has 0 aliphatic rings. The average Bonchev–Trinajstić information content (AvgIpc) is 3.36. The molecular weight excluding hydrogens is 1010 g/mol. The maximum Gasteiger partial charge on any atom is 0.209 e. The second kappa shape index (κ2) is 32.0. The number of carbonyl (C=O) groups excluding carboxylic acids is 3. The Morgan fingerprint density at radius 2 is 0.791 bits per heavy atom. The molecule has 1 radical (unpaired) electrons. The van der Waals surface area contributed by atoms with E-state index in [1.165, 1.54) is 74.5 Å². The molecule has 0 unspecified atom stereocenters. The van der Waals surface area contributed by atoms with Crippen molar-refractivity contribution in [2.75, 3.05) is 13.1 Å². The smallest absolute Gasteiger partial charge is 0.209 e. The van der Waals surface area contributed by atoms with E-state index < -0.39 is 0 Å². The van der Waals surface area contributed by atoms with Gasteiger partial charge in [-0.2, -0.15) is 6.92 Å². The van der Waals surface area contributed by atoms with Crippen LogP contribution in [-0.4, -0.2) is 45.8 Å². The van der Waals surface area contributed by atoms with Crippen LogP contribution in [0.15, 0.2) is 110 Å². The summed E-state index contributed by atoms with van der Waals surface area (Å²) in [7, 11) is 0. The van der Waals surface area contributed by atoms with Gasteiger partial charge in [0.1, 0.15) is 0 Å². The van der Waals surface area contributed by atoms with Crippen molar-refractivity contribution >= 4 is 17.7 Å². The van der Waals surface area contributed by atoms with Gasteiger partial charge in [0.15, 0.2) is 5.91 Å². The number of aromatic nitrogens is 3. The van der Waals surface area contributed by atoms with Crippen molar-refractivity contribution in [2.24, 2.45) is 0 Å². The minimum absolute atomic E-state index is 0. The van der Waals surface area contributed by atoms with Crippen molar-refractivity contribution in [3.8, 4) is 33.8 Å². The Labute approximate surface area is 414 Å². The molecule has 0 aliphatic carbocycles. The molecule has 10 heteroatoms. The summed E-state index contributed by atoms with van der Waals surface area (Å²) >= 11 is 0. The first-order chi connectivity index (χ1) is 32.2. The molecule has 0 spiro atoms. The number of hydrogen-bond acceptors (Lipinski definition) is 6. The van der Waals surface area contributed by atoms with E-state index in [-0.39, 0.29) is 37.8 Å². The first kappa shape index (κ1) is 55.5. The molecule has 6 rings (SSSR count). The molecule has 3 amide bonds. The molecule has 0 saturated heterocycles. The number of amides is 3. The van der Waals surface area contributed by atoms with E-state index in [9.17, 15) is 14.4 Å². The van der Waals surface area contributed by atoms with E-state index in [1.807, 2.05) is 81.0 Å². The zero-order valence-corrected chi connectivity index (χ0v) is 42.7. The van der Waals surface area contributed by atoms with Crippen LogP contribution < -0.4 is 16.0 Å². The number of carbonyl (C=O) groups is 3. The Morgan fingerprint density at radius 1 is 0.463 bits per heavy atom. The maximum atomic E-state index is 11.7. The van der Waals surface area contributed by atoms with Gasteiger partial charge < -0.3 is 30.9 Å². The molecule has 3 heterocycles. The summed E-state index contributed by atoms with van der Waals surface area (Å²) in [4.78, 5) is 48.6. The molecule has 0 bridgehead atoms. The van der Waals surface area contributed by atoms with E-state index >= 15 is 0 Å². The first-order valence-electron chi connectivity index (χ1n) is 23.8. The first-order valence-corrected chi connectivity index (χ1v) is 23.8. The quantitative estimate of drug-likeness (QED) is 0.0487. The monoisotopic (exact) mass is 1080 g/mol. The number of benzene rings is 3. The van der Waals surface area contributed by atoms with Crippen molar-refractivity contribution in [3.63, 3.8) is 0 Å². The molecule has 67 heavy (non-hydrogen) atoms. The summed E-state index contributed by atoms with van der Waals surface area (Å²) < 4.78 is 0. The number of rotatable bonds is 21. The van der Waals surface area contributed by atoms with Gasteiger partial charge in [0, 0.05) is 51.8 Å². The fraction of sp³-hybridized carbons (Fsp3) is 0.351. The van der Waals surface area contributed by atoms with Gasteiger partial charge in [-0.05, 0) is 103 Å². The second-order valence-corrected chi connectivity index (χ2v) is 16.0. The van der Waals surface area contributed by atoms with E-state index in [0.29, 0.717) is 29.8 Å². The molecule has 357 valence electrons. The summed E-state index contributed by atoms with van der Waals surface area (Å²) in [5, 5.41) is 8.21. The molecule has 0 saturated carbocycles. The van der Waals surface area contributed by atoms with E-state index in [0.717, 1.165) is 53.0 Å². The largest absolute Gasteiger partial charge is 0.510 e. The average molecular weight is 1080 g/mol. The van der Waals surface area contributed by atoms with Crippen molar-refractivity contribution in [1.82, 2.24) is 30.9 Å². The van der Waals surface area contributed by atoms with Crippen LogP contribution in [-0.2, 0) is 39.4 Å². The topological polar surface area (TPSA) is 126 Å². The summed E-state index contributed by atoms with van der Waals surface area (Å²) in [6.45, 7) is 15.1. The van der Waals surface area contributed by atoms with Crippen LogP contribution in [0.2, 0.25) is 0 Å². The van der Waals surface area contributed by atoms with Gasteiger partial charge >= 0.3 is 0 Å². The zero-order valence-electron chi connectivity index (χ0n) is 40.3. The van der Waals surface area contributed by atoms with Gasteiger partial charge in [-0.1, -0.05) is 95.7 Å². The molecule has 3 aromatic carbocycles. The third kappa shape index (κ3) is 19.5. The molecule has 0 atom stereocenters. The third-order valence-corrected chi connectivity index (χ3v) is 10.7. The standard InChI is InChI=1S/2C19H23N2O.C19H22N2O.Ir/c3*1-3-5-6-7-15-8-13-18(21-14-15)16-9-11-17(12-10-16)19(22)20-4-2;/h2*8-9,11-14H,3-7H2,1-2H3,(H,20,22);4,8-9,11-14H,3,5-7H2,1-2H3,(H,20,22);/q2*-1;-2;. The molecule has 9 nitrogen and oxygen atoms in total. The molecule has 3 aromatic heterocycles. The van der Waals surface area contributed by atoms with E-state index in [2.05, 4.69) is 88.1 Å².